The predicted molar refractivity (Wildman–Crippen MR) is 253 cm³/mol. The molecular weight excluding hydrogens is 875 g/mol. The van der Waals surface area contributed by atoms with Crippen LogP contribution in [0.2, 0.25) is 0 Å². The molecule has 4 aromatic heterocycles. The Kier molecular flexibility index (Phi) is 13.9. The molecule has 6 aromatic rings. The fraction of sp³-hybridized carbons (Fsp3) is 0.383. The molecule has 7 rings (SSSR count). The second-order valence-corrected chi connectivity index (χ2v) is 17.2. The van der Waals surface area contributed by atoms with Crippen LogP contribution in [0.1, 0.15) is 94.1 Å². The Bertz CT molecular complexity index is 3040. The van der Waals surface area contributed by atoms with Crippen molar-refractivity contribution in [3.63, 3.8) is 0 Å². The van der Waals surface area contributed by atoms with Crippen molar-refractivity contribution in [2.24, 2.45) is 17.4 Å². The van der Waals surface area contributed by atoms with Gasteiger partial charge in [-0.1, -0.05) is 24.0 Å². The number of fused-ring (bicyclic) bond motifs is 2. The van der Waals surface area contributed by atoms with E-state index in [0.29, 0.717) is 83.2 Å². The highest BCUT2D eigenvalue weighted by Crippen LogP contribution is 2.33. The molecule has 1 aliphatic rings. The summed E-state index contributed by atoms with van der Waals surface area (Å²) in [5.74, 6) is 4.87. The number of nitrogens with one attached hydrogen (secondary N) is 2. The Hall–Kier alpha value is -8.15. The number of amides is 5. The smallest absolute Gasteiger partial charge is 0.410 e. The van der Waals surface area contributed by atoms with Crippen molar-refractivity contribution in [2.45, 2.75) is 86.7 Å². The number of rotatable bonds is 16. The van der Waals surface area contributed by atoms with Crippen molar-refractivity contribution in [3.05, 3.63) is 82.5 Å². The van der Waals surface area contributed by atoms with E-state index in [1.807, 2.05) is 46.8 Å². The monoisotopic (exact) mass is 929 g/mol. The van der Waals surface area contributed by atoms with E-state index >= 15 is 0 Å². The molecule has 5 heterocycles. The largest absolute Gasteiger partial charge is 0.494 e. The molecule has 21 heteroatoms. The zero-order chi connectivity index (χ0) is 49.0. The van der Waals surface area contributed by atoms with Gasteiger partial charge < -0.3 is 39.7 Å². The Labute approximate surface area is 391 Å². The maximum atomic E-state index is 13.9. The van der Waals surface area contributed by atoms with Gasteiger partial charge in [-0.2, -0.15) is 10.2 Å². The summed E-state index contributed by atoms with van der Waals surface area (Å²) < 4.78 is 24.0. The third-order valence-corrected chi connectivity index (χ3v) is 10.9. The van der Waals surface area contributed by atoms with Crippen LogP contribution in [0, 0.1) is 31.6 Å². The normalized spacial score (nSPS) is 12.8. The second kappa shape index (κ2) is 19.8. The number of aryl methyl sites for hydroxylation is 4. The van der Waals surface area contributed by atoms with Gasteiger partial charge >= 0.3 is 6.09 Å². The first kappa shape index (κ1) is 47.8. The molecule has 6 N–H and O–H groups in total. The predicted octanol–water partition coefficient (Wildman–Crippen LogP) is 5.04. The Morgan fingerprint density at radius 2 is 1.24 bits per heavy atom. The number of allylic oxidation sites excluding steroid dienone is 2. The number of ether oxygens (including phenoxy) is 3. The van der Waals surface area contributed by atoms with Crippen LogP contribution in [0.3, 0.4) is 0 Å². The molecule has 1 fully saturated rings. The van der Waals surface area contributed by atoms with Crippen LogP contribution < -0.4 is 31.6 Å². The summed E-state index contributed by atoms with van der Waals surface area (Å²) in [6.07, 6.45) is 3.82. The van der Waals surface area contributed by atoms with Gasteiger partial charge in [-0.25, -0.2) is 14.8 Å². The van der Waals surface area contributed by atoms with Crippen LogP contribution in [0.25, 0.3) is 22.1 Å². The highest BCUT2D eigenvalue weighted by molar-refractivity contribution is 6.05. The third-order valence-electron chi connectivity index (χ3n) is 10.9. The minimum atomic E-state index is -0.715. The number of nitrogens with two attached hydrogens (primary N) is 2. The average molecular weight is 930 g/mol. The fourth-order valence-corrected chi connectivity index (χ4v) is 7.74. The van der Waals surface area contributed by atoms with E-state index < -0.39 is 29.2 Å². The lowest BCUT2D eigenvalue weighted by Crippen LogP contribution is -2.51. The lowest BCUT2D eigenvalue weighted by molar-refractivity contribution is -0.000274. The van der Waals surface area contributed by atoms with Crippen LogP contribution in [0.15, 0.2) is 48.6 Å². The van der Waals surface area contributed by atoms with Gasteiger partial charge in [-0.3, -0.25) is 39.2 Å². The number of benzene rings is 2. The number of nitrogens with zero attached hydrogens (tertiary/aromatic N) is 9. The highest BCUT2D eigenvalue weighted by atomic mass is 16.6. The van der Waals surface area contributed by atoms with Crippen molar-refractivity contribution >= 4 is 63.7 Å². The lowest BCUT2D eigenvalue weighted by atomic mass is 9.97. The van der Waals surface area contributed by atoms with E-state index in [-0.39, 0.29) is 60.5 Å². The van der Waals surface area contributed by atoms with E-state index in [2.05, 4.69) is 32.7 Å². The maximum absolute atomic E-state index is 13.9. The van der Waals surface area contributed by atoms with Gasteiger partial charge in [-0.05, 0) is 84.9 Å². The average Bonchev–Trinajstić information content (AvgIpc) is 4.03. The summed E-state index contributed by atoms with van der Waals surface area (Å²) in [4.78, 5) is 75.9. The first-order chi connectivity index (χ1) is 32.4. The first-order valence-corrected chi connectivity index (χ1v) is 22.0. The molecule has 0 aliphatic carbocycles. The number of carbonyl (C=O) groups is 5. The number of likely N-dealkylation sites (tertiary alicyclic amines) is 1. The molecule has 0 saturated carbocycles. The molecule has 1 aliphatic heterocycles. The van der Waals surface area contributed by atoms with Crippen LogP contribution in [-0.4, -0.2) is 106 Å². The summed E-state index contributed by atoms with van der Waals surface area (Å²) in [6, 6.07) is 9.40. The molecule has 0 radical (unpaired) electrons. The van der Waals surface area contributed by atoms with E-state index in [1.54, 1.807) is 49.4 Å². The number of primary amides is 2. The SMILES string of the molecule is CCn1nc(C)cc1C(=O)Nc1nc2cc(C(N)=O)cc(OC)c2n1C/C=C/Cn1c(NC(=O)c2cc(C)nn2CC)nc2cc(C(N)=O)cc(OCC#CCC3CN(C(=O)OC(C)(C)C)C3)c21. The number of carbonyl (C=O) groups excluding carboxylic acids is 5. The van der Waals surface area contributed by atoms with Gasteiger partial charge in [0, 0.05) is 62.7 Å². The Morgan fingerprint density at radius 3 is 1.69 bits per heavy atom. The first-order valence-electron chi connectivity index (χ1n) is 22.0. The quantitative estimate of drug-likeness (QED) is 0.0735. The standard InChI is InChI=1S/C47H55N13O8/c1-9-59-34(19-27(3)54-59)42(63)52-44-50-32-21-30(40(48)61)23-36(66-8)38(32)57(44)16-12-13-17-58-39-33(51-45(58)53-43(64)35-20-28(4)55-60(35)10-2)22-31(41(49)62)24-37(39)67-18-14-11-15-29-25-56(26-29)46(65)68-47(5,6)7/h12-13,19-24,29H,9-10,15-18,25-26H2,1-8H3,(H2,48,61)(H2,49,62)(H,50,52,63)(H,51,53,64)/b13-12+. The van der Waals surface area contributed by atoms with Gasteiger partial charge in [-0.15, -0.1) is 0 Å². The van der Waals surface area contributed by atoms with Gasteiger partial charge in [0.05, 0.1) is 29.5 Å². The minimum absolute atomic E-state index is 0.0579. The summed E-state index contributed by atoms with van der Waals surface area (Å²) in [5, 5.41) is 14.7. The molecule has 1 saturated heterocycles. The highest BCUT2D eigenvalue weighted by Gasteiger charge is 2.33. The van der Waals surface area contributed by atoms with E-state index in [4.69, 9.17) is 35.6 Å². The second-order valence-electron chi connectivity index (χ2n) is 17.2. The van der Waals surface area contributed by atoms with Crippen molar-refractivity contribution in [1.29, 1.82) is 0 Å². The molecule has 356 valence electrons. The zero-order valence-corrected chi connectivity index (χ0v) is 39.3. The van der Waals surface area contributed by atoms with E-state index in [9.17, 15) is 24.0 Å². The number of hydrogen-bond acceptors (Lipinski definition) is 12. The van der Waals surface area contributed by atoms with E-state index in [0.717, 1.165) is 0 Å². The van der Waals surface area contributed by atoms with Gasteiger partial charge in [0.2, 0.25) is 23.7 Å². The number of methoxy groups -OCH3 is 1. The molecular formula is C47H55N13O8. The third kappa shape index (κ3) is 10.4. The molecule has 68 heavy (non-hydrogen) atoms. The number of imidazole rings is 2. The topological polar surface area (TPSA) is 264 Å². The molecule has 0 bridgehead atoms. The maximum Gasteiger partial charge on any atom is 0.410 e. The Balaban J connectivity index is 1.21. The minimum Gasteiger partial charge on any atom is -0.494 e. The Morgan fingerprint density at radius 1 is 0.750 bits per heavy atom. The molecule has 0 atom stereocenters. The zero-order valence-electron chi connectivity index (χ0n) is 39.3. The summed E-state index contributed by atoms with van der Waals surface area (Å²) >= 11 is 0. The van der Waals surface area contributed by atoms with Crippen molar-refractivity contribution < 1.29 is 38.2 Å². The lowest BCUT2D eigenvalue weighted by Gasteiger charge is -2.39. The molecule has 0 spiro atoms. The van der Waals surface area contributed by atoms with Gasteiger partial charge in [0.1, 0.15) is 46.1 Å². The van der Waals surface area contributed by atoms with Gasteiger partial charge in [0.25, 0.3) is 11.8 Å². The molecule has 0 unspecified atom stereocenters. The number of aromatic nitrogens is 8. The van der Waals surface area contributed by atoms with Crippen molar-refractivity contribution in [1.82, 2.24) is 43.6 Å². The molecule has 21 nitrogen and oxygen atoms in total. The van der Waals surface area contributed by atoms with Crippen LogP contribution in [0.4, 0.5) is 16.7 Å². The van der Waals surface area contributed by atoms with Crippen molar-refractivity contribution in [2.75, 3.05) is 37.4 Å². The van der Waals surface area contributed by atoms with Crippen LogP contribution in [0.5, 0.6) is 11.5 Å². The molecule has 5 amide bonds. The van der Waals surface area contributed by atoms with Crippen LogP contribution in [-0.2, 0) is 30.9 Å². The fourth-order valence-electron chi connectivity index (χ4n) is 7.74. The number of anilines is 2. The summed E-state index contributed by atoms with van der Waals surface area (Å²) in [5.41, 5.74) is 14.7. The summed E-state index contributed by atoms with van der Waals surface area (Å²) in [6.45, 7) is 15.0. The van der Waals surface area contributed by atoms with E-state index in [1.165, 1.54) is 31.4 Å². The van der Waals surface area contributed by atoms with Crippen LogP contribution >= 0.6 is 0 Å². The number of hydrogen-bond donors (Lipinski definition) is 4. The van der Waals surface area contributed by atoms with Crippen molar-refractivity contribution in [3.8, 4) is 23.3 Å². The summed E-state index contributed by atoms with van der Waals surface area (Å²) in [7, 11) is 1.45. The van der Waals surface area contributed by atoms with Gasteiger partial charge in [0.15, 0.2) is 0 Å². The molecule has 2 aromatic carbocycles.